The highest BCUT2D eigenvalue weighted by atomic mass is 16.7. The lowest BCUT2D eigenvalue weighted by molar-refractivity contribution is 0.174. The number of ether oxygens (including phenoxy) is 2. The van der Waals surface area contributed by atoms with Crippen LogP contribution in [-0.2, 0) is 13.1 Å². The second-order valence-corrected chi connectivity index (χ2v) is 6.66. The van der Waals surface area contributed by atoms with E-state index in [1.165, 1.54) is 21.5 Å². The molecule has 0 bridgehead atoms. The summed E-state index contributed by atoms with van der Waals surface area (Å²) in [6, 6.07) is 14.8. The molecule has 5 rings (SSSR count). The van der Waals surface area contributed by atoms with Gasteiger partial charge in [-0.15, -0.1) is 0 Å². The summed E-state index contributed by atoms with van der Waals surface area (Å²) >= 11 is 0. The molecule has 0 atom stereocenters. The summed E-state index contributed by atoms with van der Waals surface area (Å²) in [7, 11) is 0. The van der Waals surface area contributed by atoms with Crippen molar-refractivity contribution in [3.8, 4) is 11.5 Å². The molecule has 3 heterocycles. The third-order valence-electron chi connectivity index (χ3n) is 4.81. The summed E-state index contributed by atoms with van der Waals surface area (Å²) in [5.74, 6) is 1.29. The Morgan fingerprint density at radius 1 is 0.828 bits per heavy atom. The van der Waals surface area contributed by atoms with Gasteiger partial charge in [-0.3, -0.25) is 13.9 Å². The molecule has 8 heteroatoms. The topological polar surface area (TPSA) is 88.2 Å². The fourth-order valence-corrected chi connectivity index (χ4v) is 3.40. The summed E-state index contributed by atoms with van der Waals surface area (Å²) in [5.41, 5.74) is 1.19. The Labute approximate surface area is 164 Å². The number of aromatic nitrogens is 4. The van der Waals surface area contributed by atoms with Crippen LogP contribution in [-0.4, -0.2) is 25.9 Å². The minimum absolute atomic E-state index is 0.156. The zero-order valence-electron chi connectivity index (χ0n) is 15.3. The number of benzene rings is 2. The number of nitrogens with zero attached hydrogens (tertiary/aromatic N) is 4. The van der Waals surface area contributed by atoms with Crippen molar-refractivity contribution in [2.45, 2.75) is 13.1 Å². The number of hydrogen-bond acceptors (Lipinski definition) is 6. The number of rotatable bonds is 4. The lowest BCUT2D eigenvalue weighted by Gasteiger charge is -2.13. The zero-order valence-corrected chi connectivity index (χ0v) is 15.3. The zero-order chi connectivity index (χ0) is 19.8. The minimum Gasteiger partial charge on any atom is -0.454 e. The summed E-state index contributed by atoms with van der Waals surface area (Å²) in [6.07, 6.45) is 2.92. The molecular weight excluding hydrogens is 372 g/mol. The van der Waals surface area contributed by atoms with E-state index in [4.69, 9.17) is 9.47 Å². The van der Waals surface area contributed by atoms with Gasteiger partial charge in [-0.2, -0.15) is 0 Å². The minimum atomic E-state index is -0.455. The van der Waals surface area contributed by atoms with Crippen molar-refractivity contribution in [1.82, 2.24) is 19.1 Å². The van der Waals surface area contributed by atoms with E-state index in [0.717, 1.165) is 11.1 Å². The van der Waals surface area contributed by atoms with Crippen LogP contribution in [0, 0.1) is 0 Å². The molecule has 2 aromatic carbocycles. The molecule has 0 unspecified atom stereocenters. The van der Waals surface area contributed by atoms with E-state index in [9.17, 15) is 9.59 Å². The molecule has 8 nitrogen and oxygen atoms in total. The van der Waals surface area contributed by atoms with E-state index in [1.807, 2.05) is 42.5 Å². The first kappa shape index (κ1) is 17.2. The van der Waals surface area contributed by atoms with Gasteiger partial charge in [0, 0.05) is 12.4 Å². The predicted molar refractivity (Wildman–Crippen MR) is 105 cm³/mol. The summed E-state index contributed by atoms with van der Waals surface area (Å²) in [5, 5.41) is 0. The molecule has 1 aliphatic rings. The van der Waals surface area contributed by atoms with Gasteiger partial charge in [0.1, 0.15) is 0 Å². The number of fused-ring (bicyclic) bond motifs is 2. The Bertz CT molecular complexity index is 1330. The van der Waals surface area contributed by atoms with Crippen LogP contribution in [0.25, 0.3) is 11.2 Å². The van der Waals surface area contributed by atoms with Gasteiger partial charge in [-0.1, -0.05) is 36.4 Å². The van der Waals surface area contributed by atoms with Crippen LogP contribution in [0.4, 0.5) is 0 Å². The Morgan fingerprint density at radius 2 is 1.59 bits per heavy atom. The van der Waals surface area contributed by atoms with Crippen LogP contribution in [0.1, 0.15) is 11.1 Å². The maximum absolute atomic E-state index is 13.2. The highest BCUT2D eigenvalue weighted by Crippen LogP contribution is 2.32. The molecule has 1 aliphatic heterocycles. The van der Waals surface area contributed by atoms with Crippen molar-refractivity contribution in [2.75, 3.05) is 6.79 Å². The third-order valence-corrected chi connectivity index (χ3v) is 4.81. The molecule has 0 amide bonds. The molecule has 0 saturated heterocycles. The molecule has 0 radical (unpaired) electrons. The normalized spacial score (nSPS) is 12.4. The molecule has 4 aromatic rings. The Balaban J connectivity index is 1.66. The average molecular weight is 388 g/mol. The molecule has 0 spiro atoms. The SMILES string of the molecule is O=c1c2nccnc2n(Cc2ccc3c(c2)OCO3)c(=O)n1Cc1ccccc1. The Hall–Kier alpha value is -3.94. The van der Waals surface area contributed by atoms with Gasteiger partial charge < -0.3 is 9.47 Å². The monoisotopic (exact) mass is 388 g/mol. The van der Waals surface area contributed by atoms with Crippen LogP contribution in [0.2, 0.25) is 0 Å². The second-order valence-electron chi connectivity index (χ2n) is 6.66. The predicted octanol–water partition coefficient (Wildman–Crippen LogP) is 1.78. The van der Waals surface area contributed by atoms with E-state index >= 15 is 0 Å². The van der Waals surface area contributed by atoms with E-state index in [0.29, 0.717) is 11.5 Å². The first-order valence-electron chi connectivity index (χ1n) is 9.07. The first-order valence-corrected chi connectivity index (χ1v) is 9.07. The smallest absolute Gasteiger partial charge is 0.333 e. The highest BCUT2D eigenvalue weighted by molar-refractivity contribution is 5.68. The van der Waals surface area contributed by atoms with Gasteiger partial charge in [0.05, 0.1) is 13.1 Å². The van der Waals surface area contributed by atoms with Gasteiger partial charge in [-0.05, 0) is 23.3 Å². The van der Waals surface area contributed by atoms with Crippen LogP contribution >= 0.6 is 0 Å². The van der Waals surface area contributed by atoms with Crippen LogP contribution in [0.3, 0.4) is 0 Å². The molecular formula is C21H16N4O4. The summed E-state index contributed by atoms with van der Waals surface area (Å²) < 4.78 is 13.4. The molecule has 0 N–H and O–H groups in total. The average Bonchev–Trinajstić information content (AvgIpc) is 3.23. The van der Waals surface area contributed by atoms with Crippen molar-refractivity contribution in [2.24, 2.45) is 0 Å². The maximum atomic E-state index is 13.2. The largest absolute Gasteiger partial charge is 0.454 e. The quantitative estimate of drug-likeness (QED) is 0.530. The van der Waals surface area contributed by atoms with E-state index < -0.39 is 11.2 Å². The van der Waals surface area contributed by atoms with Gasteiger partial charge >= 0.3 is 5.69 Å². The van der Waals surface area contributed by atoms with Gasteiger partial charge in [0.15, 0.2) is 22.7 Å². The van der Waals surface area contributed by atoms with Crippen LogP contribution in [0.5, 0.6) is 11.5 Å². The summed E-state index contributed by atoms with van der Waals surface area (Å²) in [4.78, 5) is 34.6. The fourth-order valence-electron chi connectivity index (χ4n) is 3.40. The van der Waals surface area contributed by atoms with E-state index in [-0.39, 0.29) is 31.0 Å². The highest BCUT2D eigenvalue weighted by Gasteiger charge is 2.18. The van der Waals surface area contributed by atoms with Crippen molar-refractivity contribution in [3.05, 3.63) is 92.9 Å². The lowest BCUT2D eigenvalue weighted by Crippen LogP contribution is -2.41. The number of hydrogen-bond donors (Lipinski definition) is 0. The third kappa shape index (κ3) is 3.04. The van der Waals surface area contributed by atoms with Crippen LogP contribution in [0.15, 0.2) is 70.5 Å². The van der Waals surface area contributed by atoms with Gasteiger partial charge in [-0.25, -0.2) is 14.8 Å². The van der Waals surface area contributed by atoms with Crippen molar-refractivity contribution in [1.29, 1.82) is 0 Å². The van der Waals surface area contributed by atoms with E-state index in [2.05, 4.69) is 9.97 Å². The Kier molecular flexibility index (Phi) is 4.09. The molecule has 29 heavy (non-hydrogen) atoms. The first-order chi connectivity index (χ1) is 14.2. The molecule has 144 valence electrons. The molecule has 2 aromatic heterocycles. The molecule has 0 fully saturated rings. The molecule has 0 saturated carbocycles. The second kappa shape index (κ2) is 6.90. The fraction of sp³-hybridized carbons (Fsp3) is 0.143. The van der Waals surface area contributed by atoms with Crippen molar-refractivity contribution < 1.29 is 9.47 Å². The Morgan fingerprint density at radius 3 is 2.45 bits per heavy atom. The molecule has 0 aliphatic carbocycles. The van der Waals surface area contributed by atoms with Gasteiger partial charge in [0.2, 0.25) is 6.79 Å². The maximum Gasteiger partial charge on any atom is 0.333 e. The summed E-state index contributed by atoms with van der Waals surface area (Å²) in [6.45, 7) is 0.557. The lowest BCUT2D eigenvalue weighted by atomic mass is 10.2. The van der Waals surface area contributed by atoms with Crippen LogP contribution < -0.4 is 20.7 Å². The van der Waals surface area contributed by atoms with Crippen molar-refractivity contribution >= 4 is 11.2 Å². The van der Waals surface area contributed by atoms with Gasteiger partial charge in [0.25, 0.3) is 5.56 Å². The van der Waals surface area contributed by atoms with Crippen molar-refractivity contribution in [3.63, 3.8) is 0 Å². The standard InChI is InChI=1S/C21H16N4O4/c26-20-18-19(23-9-8-22-18)24(12-15-6-7-16-17(10-15)29-13-28-16)21(27)25(20)11-14-4-2-1-3-5-14/h1-10H,11-13H2. The van der Waals surface area contributed by atoms with E-state index in [1.54, 1.807) is 6.07 Å².